The summed E-state index contributed by atoms with van der Waals surface area (Å²) in [5.41, 5.74) is -0.489. The standard InChI is InChI=1S/C13H28N2O/c1-4-13(16,5-2)11-15(3)10-12-7-6-8-14-9-12/h12,14,16H,4-11H2,1-3H3. The average molecular weight is 228 g/mol. The SMILES string of the molecule is CCC(O)(CC)CN(C)CC1CCCNC1. The molecule has 3 heteroatoms. The summed E-state index contributed by atoms with van der Waals surface area (Å²) >= 11 is 0. The van der Waals surface area contributed by atoms with Crippen molar-refractivity contribution in [2.75, 3.05) is 33.2 Å². The maximum atomic E-state index is 10.3. The maximum absolute atomic E-state index is 10.3. The van der Waals surface area contributed by atoms with Crippen molar-refractivity contribution >= 4 is 0 Å². The predicted molar refractivity (Wildman–Crippen MR) is 68.6 cm³/mol. The van der Waals surface area contributed by atoms with Gasteiger partial charge < -0.3 is 15.3 Å². The lowest BCUT2D eigenvalue weighted by molar-refractivity contribution is -0.000747. The van der Waals surface area contributed by atoms with E-state index in [-0.39, 0.29) is 0 Å². The third-order valence-corrected chi connectivity index (χ3v) is 3.85. The first-order valence-electron chi connectivity index (χ1n) is 6.71. The van der Waals surface area contributed by atoms with Crippen LogP contribution in [-0.2, 0) is 0 Å². The van der Waals surface area contributed by atoms with E-state index in [0.717, 1.165) is 38.4 Å². The molecule has 0 aromatic heterocycles. The quantitative estimate of drug-likeness (QED) is 0.722. The highest BCUT2D eigenvalue weighted by Gasteiger charge is 2.25. The summed E-state index contributed by atoms with van der Waals surface area (Å²) in [6.07, 6.45) is 4.31. The number of hydrogen-bond donors (Lipinski definition) is 2. The third kappa shape index (κ3) is 4.40. The molecule has 1 aliphatic heterocycles. The Bertz CT molecular complexity index is 186. The van der Waals surface area contributed by atoms with Crippen molar-refractivity contribution in [3.8, 4) is 0 Å². The van der Waals surface area contributed by atoms with E-state index in [1.807, 2.05) is 0 Å². The number of nitrogens with one attached hydrogen (secondary N) is 1. The van der Waals surface area contributed by atoms with Gasteiger partial charge in [0.1, 0.15) is 0 Å². The van der Waals surface area contributed by atoms with Crippen molar-refractivity contribution in [1.82, 2.24) is 10.2 Å². The highest BCUT2D eigenvalue weighted by Crippen LogP contribution is 2.18. The van der Waals surface area contributed by atoms with E-state index >= 15 is 0 Å². The maximum Gasteiger partial charge on any atom is 0.0768 e. The molecule has 0 saturated carbocycles. The van der Waals surface area contributed by atoms with Gasteiger partial charge in [-0.25, -0.2) is 0 Å². The van der Waals surface area contributed by atoms with E-state index in [9.17, 15) is 5.11 Å². The Balaban J connectivity index is 2.30. The first kappa shape index (κ1) is 13.9. The van der Waals surface area contributed by atoms with E-state index in [4.69, 9.17) is 0 Å². The Morgan fingerprint density at radius 3 is 2.56 bits per heavy atom. The van der Waals surface area contributed by atoms with Gasteiger partial charge in [0.15, 0.2) is 0 Å². The summed E-state index contributed by atoms with van der Waals surface area (Å²) in [6.45, 7) is 8.36. The second-order valence-corrected chi connectivity index (χ2v) is 5.34. The fourth-order valence-corrected chi connectivity index (χ4v) is 2.56. The van der Waals surface area contributed by atoms with Crippen LogP contribution in [0.15, 0.2) is 0 Å². The molecule has 0 bridgehead atoms. The summed E-state index contributed by atoms with van der Waals surface area (Å²) in [5.74, 6) is 0.761. The molecule has 2 N–H and O–H groups in total. The molecule has 1 rings (SSSR count). The van der Waals surface area contributed by atoms with Gasteiger partial charge >= 0.3 is 0 Å². The van der Waals surface area contributed by atoms with Crippen LogP contribution in [0.5, 0.6) is 0 Å². The topological polar surface area (TPSA) is 35.5 Å². The van der Waals surface area contributed by atoms with Crippen LogP contribution >= 0.6 is 0 Å². The molecule has 1 saturated heterocycles. The van der Waals surface area contributed by atoms with E-state index in [0.29, 0.717) is 0 Å². The minimum Gasteiger partial charge on any atom is -0.389 e. The van der Waals surface area contributed by atoms with Gasteiger partial charge in [0.25, 0.3) is 0 Å². The summed E-state index contributed by atoms with van der Waals surface area (Å²) < 4.78 is 0. The first-order valence-corrected chi connectivity index (χ1v) is 6.71. The largest absolute Gasteiger partial charge is 0.389 e. The minimum absolute atomic E-state index is 0.489. The number of piperidine rings is 1. The molecule has 1 aliphatic rings. The zero-order valence-corrected chi connectivity index (χ0v) is 11.1. The van der Waals surface area contributed by atoms with Gasteiger partial charge in [0.2, 0.25) is 0 Å². The molecule has 0 aliphatic carbocycles. The smallest absolute Gasteiger partial charge is 0.0768 e. The molecule has 0 radical (unpaired) electrons. The average Bonchev–Trinajstić information content (AvgIpc) is 2.30. The van der Waals surface area contributed by atoms with Gasteiger partial charge in [-0.3, -0.25) is 0 Å². The minimum atomic E-state index is -0.489. The molecule has 1 fully saturated rings. The fourth-order valence-electron chi connectivity index (χ4n) is 2.56. The van der Waals surface area contributed by atoms with Crippen LogP contribution in [-0.4, -0.2) is 48.8 Å². The van der Waals surface area contributed by atoms with Crippen LogP contribution in [0.3, 0.4) is 0 Å². The van der Waals surface area contributed by atoms with Gasteiger partial charge in [0.05, 0.1) is 5.60 Å². The van der Waals surface area contributed by atoms with Crippen molar-refractivity contribution in [3.05, 3.63) is 0 Å². The van der Waals surface area contributed by atoms with E-state index in [1.54, 1.807) is 0 Å². The van der Waals surface area contributed by atoms with Crippen LogP contribution in [0.1, 0.15) is 39.5 Å². The highest BCUT2D eigenvalue weighted by molar-refractivity contribution is 4.80. The second-order valence-electron chi connectivity index (χ2n) is 5.34. The van der Waals surface area contributed by atoms with E-state index in [1.165, 1.54) is 19.4 Å². The van der Waals surface area contributed by atoms with Crippen LogP contribution in [0.4, 0.5) is 0 Å². The normalized spacial score (nSPS) is 22.7. The number of nitrogens with zero attached hydrogens (tertiary/aromatic N) is 1. The summed E-state index contributed by atoms with van der Waals surface area (Å²) in [7, 11) is 2.13. The van der Waals surface area contributed by atoms with Gasteiger partial charge in [-0.2, -0.15) is 0 Å². The molecule has 0 aromatic rings. The second kappa shape index (κ2) is 6.58. The fraction of sp³-hybridized carbons (Fsp3) is 1.00. The van der Waals surface area contributed by atoms with Crippen LogP contribution in [0.25, 0.3) is 0 Å². The predicted octanol–water partition coefficient (Wildman–Crippen LogP) is 1.47. The molecular weight excluding hydrogens is 200 g/mol. The van der Waals surface area contributed by atoms with Crippen molar-refractivity contribution < 1.29 is 5.11 Å². The molecule has 0 aromatic carbocycles. The Kier molecular flexibility index (Phi) is 5.73. The summed E-state index contributed by atoms with van der Waals surface area (Å²) in [5, 5.41) is 13.7. The molecule has 16 heavy (non-hydrogen) atoms. The lowest BCUT2D eigenvalue weighted by Crippen LogP contribution is -2.44. The third-order valence-electron chi connectivity index (χ3n) is 3.85. The molecule has 96 valence electrons. The van der Waals surface area contributed by atoms with Gasteiger partial charge in [0, 0.05) is 13.1 Å². The van der Waals surface area contributed by atoms with E-state index < -0.39 is 5.60 Å². The molecular formula is C13H28N2O. The van der Waals surface area contributed by atoms with Gasteiger partial charge in [-0.15, -0.1) is 0 Å². The molecule has 0 spiro atoms. The Morgan fingerprint density at radius 2 is 2.06 bits per heavy atom. The van der Waals surface area contributed by atoms with Gasteiger partial charge in [-0.1, -0.05) is 13.8 Å². The van der Waals surface area contributed by atoms with Crippen LogP contribution in [0.2, 0.25) is 0 Å². The van der Waals surface area contributed by atoms with Gasteiger partial charge in [-0.05, 0) is 51.7 Å². The number of aliphatic hydroxyl groups is 1. The Labute approximate surface area is 100 Å². The van der Waals surface area contributed by atoms with Crippen LogP contribution in [0, 0.1) is 5.92 Å². The molecule has 0 amide bonds. The monoisotopic (exact) mass is 228 g/mol. The zero-order chi connectivity index (χ0) is 12.0. The number of hydrogen-bond acceptors (Lipinski definition) is 3. The van der Waals surface area contributed by atoms with Crippen LogP contribution < -0.4 is 5.32 Å². The lowest BCUT2D eigenvalue weighted by Gasteiger charge is -2.33. The highest BCUT2D eigenvalue weighted by atomic mass is 16.3. The summed E-state index contributed by atoms with van der Waals surface area (Å²) in [4.78, 5) is 2.30. The van der Waals surface area contributed by atoms with Crippen molar-refractivity contribution in [1.29, 1.82) is 0 Å². The number of rotatable bonds is 6. The zero-order valence-electron chi connectivity index (χ0n) is 11.1. The van der Waals surface area contributed by atoms with E-state index in [2.05, 4.69) is 31.1 Å². The van der Waals surface area contributed by atoms with Crippen molar-refractivity contribution in [2.45, 2.75) is 45.1 Å². The molecule has 1 unspecified atom stereocenters. The summed E-state index contributed by atoms with van der Waals surface area (Å²) in [6, 6.07) is 0. The number of likely N-dealkylation sites (N-methyl/N-ethyl adjacent to an activating group) is 1. The molecule has 1 heterocycles. The van der Waals surface area contributed by atoms with Crippen molar-refractivity contribution in [2.24, 2.45) is 5.92 Å². The molecule has 3 nitrogen and oxygen atoms in total. The van der Waals surface area contributed by atoms with Crippen molar-refractivity contribution in [3.63, 3.8) is 0 Å². The Morgan fingerprint density at radius 1 is 1.38 bits per heavy atom. The lowest BCUT2D eigenvalue weighted by atomic mass is 9.95. The first-order chi connectivity index (χ1) is 7.59. The molecule has 1 atom stereocenters. The Hall–Kier alpha value is -0.120.